The third-order valence-corrected chi connectivity index (χ3v) is 0.890. The number of nitrogens with two attached hydrogens (primary N) is 1. The van der Waals surface area contributed by atoms with E-state index in [0.29, 0.717) is 5.82 Å². The Kier molecular flexibility index (Phi) is 1.11. The maximum absolute atomic E-state index is 5.30. The molecule has 0 aromatic carbocycles. The Morgan fingerprint density at radius 1 is 1.57 bits per heavy atom. The van der Waals surface area contributed by atoms with Gasteiger partial charge in [0.25, 0.3) is 0 Å². The van der Waals surface area contributed by atoms with E-state index in [4.69, 9.17) is 5.73 Å². The van der Waals surface area contributed by atoms with Crippen LogP contribution in [0.25, 0.3) is 0 Å². The topological polar surface area (TPSA) is 38.4 Å². The minimum Gasteiger partial charge on any atom is -0.384 e. The van der Waals surface area contributed by atoms with Crippen molar-refractivity contribution in [2.24, 2.45) is 10.7 Å². The molecule has 0 saturated heterocycles. The van der Waals surface area contributed by atoms with Crippen LogP contribution in [0.1, 0.15) is 12.8 Å². The third kappa shape index (κ3) is 1.03. The van der Waals surface area contributed by atoms with Crippen LogP contribution in [0.4, 0.5) is 0 Å². The van der Waals surface area contributed by atoms with Crippen LogP contribution >= 0.6 is 0 Å². The molecule has 0 bridgehead atoms. The summed E-state index contributed by atoms with van der Waals surface area (Å²) in [4.78, 5) is 3.84. The monoisotopic (exact) mass is 96.1 g/mol. The highest BCUT2D eigenvalue weighted by atomic mass is 14.9. The molecule has 0 aromatic rings. The van der Waals surface area contributed by atoms with Gasteiger partial charge in [0.1, 0.15) is 5.82 Å². The van der Waals surface area contributed by atoms with Crippen LogP contribution in [0.5, 0.6) is 0 Å². The fraction of sp³-hybridized carbons (Fsp3) is 0.400. The van der Waals surface area contributed by atoms with Crippen LogP contribution in [0.3, 0.4) is 0 Å². The first-order chi connectivity index (χ1) is 3.39. The molecule has 1 aliphatic rings. The summed E-state index contributed by atoms with van der Waals surface area (Å²) in [5.41, 5.74) is 5.30. The summed E-state index contributed by atoms with van der Waals surface area (Å²) in [6.07, 6.45) is 5.87. The first-order valence-electron chi connectivity index (χ1n) is 2.38. The van der Waals surface area contributed by atoms with E-state index in [0.717, 1.165) is 12.8 Å². The Labute approximate surface area is 42.7 Å². The highest BCUT2D eigenvalue weighted by molar-refractivity contribution is 5.60. The molecule has 0 aliphatic carbocycles. The second kappa shape index (κ2) is 1.78. The van der Waals surface area contributed by atoms with Gasteiger partial charge in [0.05, 0.1) is 0 Å². The second-order valence-electron chi connectivity index (χ2n) is 1.52. The van der Waals surface area contributed by atoms with Crippen LogP contribution in [0.15, 0.2) is 16.9 Å². The van der Waals surface area contributed by atoms with Crippen molar-refractivity contribution in [2.45, 2.75) is 12.8 Å². The molecule has 0 atom stereocenters. The molecule has 0 radical (unpaired) electrons. The first kappa shape index (κ1) is 4.37. The molecule has 1 heterocycles. The quantitative estimate of drug-likeness (QED) is 0.472. The fourth-order valence-electron chi connectivity index (χ4n) is 0.528. The van der Waals surface area contributed by atoms with Gasteiger partial charge in [0.15, 0.2) is 0 Å². The zero-order chi connectivity index (χ0) is 5.11. The van der Waals surface area contributed by atoms with Gasteiger partial charge < -0.3 is 5.73 Å². The van der Waals surface area contributed by atoms with Crippen LogP contribution in [-0.2, 0) is 0 Å². The molecular weight excluding hydrogens is 88.1 g/mol. The number of hydrogen-bond acceptors (Lipinski definition) is 2. The Bertz CT molecular complexity index is 113. The summed E-state index contributed by atoms with van der Waals surface area (Å²) >= 11 is 0. The summed E-state index contributed by atoms with van der Waals surface area (Å²) in [7, 11) is 0. The molecule has 0 fully saturated rings. The summed E-state index contributed by atoms with van der Waals surface area (Å²) < 4.78 is 0. The average molecular weight is 96.1 g/mol. The second-order valence-corrected chi connectivity index (χ2v) is 1.52. The summed E-state index contributed by atoms with van der Waals surface area (Å²) in [6.45, 7) is 0. The molecule has 0 spiro atoms. The van der Waals surface area contributed by atoms with Crippen molar-refractivity contribution in [3.05, 3.63) is 11.9 Å². The van der Waals surface area contributed by atoms with Crippen molar-refractivity contribution >= 4 is 6.21 Å². The van der Waals surface area contributed by atoms with Crippen LogP contribution in [-0.4, -0.2) is 6.21 Å². The van der Waals surface area contributed by atoms with Crippen molar-refractivity contribution in [2.75, 3.05) is 0 Å². The Morgan fingerprint density at radius 3 is 2.71 bits per heavy atom. The molecule has 7 heavy (non-hydrogen) atoms. The van der Waals surface area contributed by atoms with Gasteiger partial charge in [-0.05, 0) is 18.9 Å². The lowest BCUT2D eigenvalue weighted by atomic mass is 10.3. The summed E-state index contributed by atoms with van der Waals surface area (Å²) in [6, 6.07) is 0. The molecule has 1 rings (SSSR count). The minimum atomic E-state index is 0.659. The number of rotatable bonds is 0. The van der Waals surface area contributed by atoms with Crippen LogP contribution < -0.4 is 5.73 Å². The third-order valence-electron chi connectivity index (χ3n) is 0.890. The Balaban J connectivity index is 2.58. The van der Waals surface area contributed by atoms with E-state index >= 15 is 0 Å². The van der Waals surface area contributed by atoms with E-state index < -0.39 is 0 Å². The maximum atomic E-state index is 5.30. The minimum absolute atomic E-state index is 0.659. The van der Waals surface area contributed by atoms with Gasteiger partial charge in [-0.3, -0.25) is 0 Å². The lowest BCUT2D eigenvalue weighted by Gasteiger charge is -1.96. The molecule has 2 N–H and O–H groups in total. The summed E-state index contributed by atoms with van der Waals surface area (Å²) in [5, 5.41) is 0. The summed E-state index contributed by atoms with van der Waals surface area (Å²) in [5.74, 6) is 0.659. The number of allylic oxidation sites excluding steroid dienone is 1. The molecule has 2 nitrogen and oxygen atoms in total. The molecule has 0 saturated carbocycles. The lowest BCUT2D eigenvalue weighted by Crippen LogP contribution is -1.97. The highest BCUT2D eigenvalue weighted by Crippen LogP contribution is 1.98. The number of aliphatic imine (C=N–C) groups is 1. The van der Waals surface area contributed by atoms with E-state index in [1.807, 2.05) is 12.3 Å². The largest absolute Gasteiger partial charge is 0.384 e. The molecule has 38 valence electrons. The van der Waals surface area contributed by atoms with Crippen molar-refractivity contribution in [1.82, 2.24) is 0 Å². The molecule has 1 aliphatic heterocycles. The van der Waals surface area contributed by atoms with Crippen molar-refractivity contribution in [3.63, 3.8) is 0 Å². The van der Waals surface area contributed by atoms with E-state index in [9.17, 15) is 0 Å². The van der Waals surface area contributed by atoms with Gasteiger partial charge in [0.2, 0.25) is 0 Å². The Morgan fingerprint density at radius 2 is 2.43 bits per heavy atom. The van der Waals surface area contributed by atoms with Gasteiger partial charge in [-0.2, -0.15) is 0 Å². The van der Waals surface area contributed by atoms with E-state index in [1.54, 1.807) is 0 Å². The van der Waals surface area contributed by atoms with Crippen LogP contribution in [0.2, 0.25) is 0 Å². The van der Waals surface area contributed by atoms with Gasteiger partial charge >= 0.3 is 0 Å². The van der Waals surface area contributed by atoms with Gasteiger partial charge in [-0.25, -0.2) is 4.99 Å². The van der Waals surface area contributed by atoms with Crippen LogP contribution in [0, 0.1) is 0 Å². The lowest BCUT2D eigenvalue weighted by molar-refractivity contribution is 1.03. The molecule has 0 amide bonds. The first-order valence-corrected chi connectivity index (χ1v) is 2.38. The number of nitrogens with zero attached hydrogens (tertiary/aromatic N) is 1. The predicted molar refractivity (Wildman–Crippen MR) is 30.0 cm³/mol. The van der Waals surface area contributed by atoms with E-state index in [1.165, 1.54) is 0 Å². The average Bonchev–Trinajstić information content (AvgIpc) is 1.69. The van der Waals surface area contributed by atoms with Crippen molar-refractivity contribution < 1.29 is 0 Å². The molecule has 2 heteroatoms. The smallest absolute Gasteiger partial charge is 0.118 e. The van der Waals surface area contributed by atoms with Gasteiger partial charge in [0, 0.05) is 6.21 Å². The Hall–Kier alpha value is -0.790. The zero-order valence-corrected chi connectivity index (χ0v) is 4.09. The molecular formula is C5H8N2. The van der Waals surface area contributed by atoms with E-state index in [-0.39, 0.29) is 0 Å². The normalized spacial score (nSPS) is 19.1. The zero-order valence-electron chi connectivity index (χ0n) is 4.09. The van der Waals surface area contributed by atoms with E-state index in [2.05, 4.69) is 4.99 Å². The standard InChI is InChI=1S/C5H8N2/c6-5-3-1-2-4-7-5/h3-4H,1-2,6H2. The predicted octanol–water partition coefficient (Wildman–Crippen LogP) is 0.651. The van der Waals surface area contributed by atoms with Gasteiger partial charge in [-0.1, -0.05) is 0 Å². The molecule has 0 aromatic heterocycles. The SMILES string of the molecule is NC1=CCCC=N1. The van der Waals surface area contributed by atoms with Crippen molar-refractivity contribution in [1.29, 1.82) is 0 Å². The van der Waals surface area contributed by atoms with Crippen molar-refractivity contribution in [3.8, 4) is 0 Å². The fourth-order valence-corrected chi connectivity index (χ4v) is 0.528. The maximum Gasteiger partial charge on any atom is 0.118 e. The molecule has 0 unspecified atom stereocenters. The van der Waals surface area contributed by atoms with Gasteiger partial charge in [-0.15, -0.1) is 0 Å². The highest BCUT2D eigenvalue weighted by Gasteiger charge is 1.88. The number of hydrogen-bond donors (Lipinski definition) is 1.